The van der Waals surface area contributed by atoms with Gasteiger partial charge in [0.15, 0.2) is 0 Å². The Labute approximate surface area is 195 Å². The van der Waals surface area contributed by atoms with Crippen molar-refractivity contribution < 1.29 is 13.2 Å². The number of fused-ring (bicyclic) bond motifs is 1. The number of amides is 1. The highest BCUT2D eigenvalue weighted by molar-refractivity contribution is 7.89. The normalized spacial score (nSPS) is 12.5. The predicted octanol–water partition coefficient (Wildman–Crippen LogP) is 3.26. The van der Waals surface area contributed by atoms with Crippen LogP contribution in [0, 0.1) is 0 Å². The number of imidazole rings is 1. The standard InChI is InChI=1S/C23H32N6O3S/c1-7-29(8-2)33(31,32)17-9-10-19-18(13-17)27-20(28(19)6)11-12-21(30)26-16-14-24-22(25-15-16)23(3,4)5/h9-10,13-15H,7-8,11-12H2,1-6H3,(H,26,30). The van der Waals surface area contributed by atoms with Crippen molar-refractivity contribution in [1.82, 2.24) is 23.8 Å². The van der Waals surface area contributed by atoms with E-state index in [-0.39, 0.29) is 22.6 Å². The second kappa shape index (κ2) is 9.56. The van der Waals surface area contributed by atoms with Crippen LogP contribution in [0.25, 0.3) is 11.0 Å². The Kier molecular flexibility index (Phi) is 7.18. The van der Waals surface area contributed by atoms with Gasteiger partial charge >= 0.3 is 0 Å². The van der Waals surface area contributed by atoms with Gasteiger partial charge in [0, 0.05) is 38.4 Å². The summed E-state index contributed by atoms with van der Waals surface area (Å²) in [7, 11) is -1.70. The number of aromatic nitrogens is 4. The maximum Gasteiger partial charge on any atom is 0.243 e. The van der Waals surface area contributed by atoms with Gasteiger partial charge in [0.25, 0.3) is 0 Å². The number of hydrogen-bond donors (Lipinski definition) is 1. The molecule has 0 unspecified atom stereocenters. The molecule has 9 nitrogen and oxygen atoms in total. The monoisotopic (exact) mass is 472 g/mol. The molecule has 3 aromatic rings. The van der Waals surface area contributed by atoms with Crippen LogP contribution in [0.1, 0.15) is 52.7 Å². The van der Waals surface area contributed by atoms with Crippen molar-refractivity contribution in [1.29, 1.82) is 0 Å². The van der Waals surface area contributed by atoms with E-state index in [9.17, 15) is 13.2 Å². The number of hydrogen-bond acceptors (Lipinski definition) is 6. The van der Waals surface area contributed by atoms with Crippen molar-refractivity contribution in [3.8, 4) is 0 Å². The average Bonchev–Trinajstić information content (AvgIpc) is 3.07. The van der Waals surface area contributed by atoms with E-state index in [4.69, 9.17) is 0 Å². The lowest BCUT2D eigenvalue weighted by Gasteiger charge is -2.18. The van der Waals surface area contributed by atoms with Crippen LogP contribution in [0.3, 0.4) is 0 Å². The molecule has 0 aliphatic rings. The van der Waals surface area contributed by atoms with Gasteiger partial charge in [0.1, 0.15) is 11.6 Å². The maximum atomic E-state index is 12.8. The number of sulfonamides is 1. The second-order valence-electron chi connectivity index (χ2n) is 8.92. The fourth-order valence-corrected chi connectivity index (χ4v) is 5.03. The van der Waals surface area contributed by atoms with Gasteiger partial charge in [-0.05, 0) is 18.2 Å². The molecule has 0 atom stereocenters. The Balaban J connectivity index is 1.72. The summed E-state index contributed by atoms with van der Waals surface area (Å²) in [4.78, 5) is 25.9. The molecule has 2 aromatic heterocycles. The van der Waals surface area contributed by atoms with Crippen LogP contribution in [0.4, 0.5) is 5.69 Å². The molecule has 0 fully saturated rings. The number of rotatable bonds is 8. The Bertz CT molecular complexity index is 1240. The Morgan fingerprint density at radius 1 is 1.12 bits per heavy atom. The third kappa shape index (κ3) is 5.39. The molecule has 1 aromatic carbocycles. The van der Waals surface area contributed by atoms with Gasteiger partial charge in [-0.3, -0.25) is 4.79 Å². The van der Waals surface area contributed by atoms with Crippen molar-refractivity contribution in [2.45, 2.75) is 57.8 Å². The topological polar surface area (TPSA) is 110 Å². The van der Waals surface area contributed by atoms with Crippen molar-refractivity contribution in [2.24, 2.45) is 7.05 Å². The number of aryl methyl sites for hydroxylation is 2. The van der Waals surface area contributed by atoms with Gasteiger partial charge in [0.2, 0.25) is 15.9 Å². The molecule has 0 aliphatic carbocycles. The highest BCUT2D eigenvalue weighted by atomic mass is 32.2. The third-order valence-corrected chi connectivity index (χ3v) is 7.52. The molecule has 0 aliphatic heterocycles. The predicted molar refractivity (Wildman–Crippen MR) is 129 cm³/mol. The lowest BCUT2D eigenvalue weighted by Crippen LogP contribution is -2.30. The minimum absolute atomic E-state index is 0.159. The Morgan fingerprint density at radius 3 is 2.33 bits per heavy atom. The number of carbonyl (C=O) groups is 1. The quantitative estimate of drug-likeness (QED) is 0.539. The first-order valence-corrected chi connectivity index (χ1v) is 12.5. The summed E-state index contributed by atoms with van der Waals surface area (Å²) in [5.74, 6) is 1.25. The van der Waals surface area contributed by atoms with Crippen molar-refractivity contribution in [3.63, 3.8) is 0 Å². The van der Waals surface area contributed by atoms with Crippen molar-refractivity contribution in [3.05, 3.63) is 42.2 Å². The molecule has 33 heavy (non-hydrogen) atoms. The summed E-state index contributed by atoms with van der Waals surface area (Å²) in [6, 6.07) is 4.96. The molecule has 0 saturated carbocycles. The van der Waals surface area contributed by atoms with Gasteiger partial charge in [-0.2, -0.15) is 4.31 Å². The second-order valence-corrected chi connectivity index (χ2v) is 10.9. The molecule has 10 heteroatoms. The van der Waals surface area contributed by atoms with E-state index in [2.05, 4.69) is 20.3 Å². The first-order chi connectivity index (χ1) is 15.5. The van der Waals surface area contributed by atoms with E-state index in [1.165, 1.54) is 4.31 Å². The van der Waals surface area contributed by atoms with Crippen LogP contribution in [0.2, 0.25) is 0 Å². The molecule has 0 bridgehead atoms. The van der Waals surface area contributed by atoms with E-state index in [0.29, 0.717) is 42.4 Å². The molecule has 2 heterocycles. The summed E-state index contributed by atoms with van der Waals surface area (Å²) in [6.07, 6.45) is 3.86. The third-order valence-electron chi connectivity index (χ3n) is 5.47. The molecule has 178 valence electrons. The van der Waals surface area contributed by atoms with Gasteiger partial charge in [-0.25, -0.2) is 23.4 Å². The first kappa shape index (κ1) is 24.8. The van der Waals surface area contributed by atoms with Crippen molar-refractivity contribution >= 4 is 32.7 Å². The molecular weight excluding hydrogens is 440 g/mol. The van der Waals surface area contributed by atoms with E-state index in [0.717, 1.165) is 5.52 Å². The van der Waals surface area contributed by atoms with Gasteiger partial charge in [-0.15, -0.1) is 0 Å². The zero-order valence-electron chi connectivity index (χ0n) is 20.1. The SMILES string of the molecule is CCN(CC)S(=O)(=O)c1ccc2c(c1)nc(CCC(=O)Nc1cnc(C(C)(C)C)nc1)n2C. The van der Waals surface area contributed by atoms with Crippen LogP contribution < -0.4 is 5.32 Å². The van der Waals surface area contributed by atoms with Gasteiger partial charge in [0.05, 0.1) is 34.0 Å². The summed E-state index contributed by atoms with van der Waals surface area (Å²) in [5, 5.41) is 2.81. The first-order valence-electron chi connectivity index (χ1n) is 11.0. The average molecular weight is 473 g/mol. The van der Waals surface area contributed by atoms with E-state index < -0.39 is 10.0 Å². The van der Waals surface area contributed by atoms with E-state index in [1.54, 1.807) is 30.6 Å². The lowest BCUT2D eigenvalue weighted by molar-refractivity contribution is -0.116. The van der Waals surface area contributed by atoms with E-state index >= 15 is 0 Å². The van der Waals surface area contributed by atoms with Crippen LogP contribution in [0.15, 0.2) is 35.5 Å². The van der Waals surface area contributed by atoms with Crippen molar-refractivity contribution in [2.75, 3.05) is 18.4 Å². The van der Waals surface area contributed by atoms with Gasteiger partial charge in [-0.1, -0.05) is 34.6 Å². The number of nitrogens with zero attached hydrogens (tertiary/aromatic N) is 5. The highest BCUT2D eigenvalue weighted by Gasteiger charge is 2.23. The Hall–Kier alpha value is -2.85. The molecule has 1 N–H and O–H groups in total. The number of benzene rings is 1. The molecular formula is C23H32N6O3S. The fraction of sp³-hybridized carbons (Fsp3) is 0.478. The molecule has 1 amide bonds. The smallest absolute Gasteiger partial charge is 0.243 e. The largest absolute Gasteiger partial charge is 0.331 e. The highest BCUT2D eigenvalue weighted by Crippen LogP contribution is 2.23. The molecule has 3 rings (SSSR count). The minimum Gasteiger partial charge on any atom is -0.331 e. The van der Waals surface area contributed by atoms with Crippen LogP contribution in [0.5, 0.6) is 0 Å². The zero-order chi connectivity index (χ0) is 24.4. The van der Waals surface area contributed by atoms with Crippen LogP contribution in [-0.2, 0) is 33.7 Å². The fourth-order valence-electron chi connectivity index (χ4n) is 3.55. The molecule has 0 saturated heterocycles. The maximum absolute atomic E-state index is 12.8. The minimum atomic E-state index is -3.56. The Morgan fingerprint density at radius 2 is 1.76 bits per heavy atom. The van der Waals surface area contributed by atoms with Crippen LogP contribution >= 0.6 is 0 Å². The molecule has 0 radical (unpaired) electrons. The summed E-state index contributed by atoms with van der Waals surface area (Å²) < 4.78 is 28.9. The number of anilines is 1. The number of carbonyl (C=O) groups excluding carboxylic acids is 1. The molecule has 0 spiro atoms. The number of nitrogens with one attached hydrogen (secondary N) is 1. The zero-order valence-corrected chi connectivity index (χ0v) is 20.9. The summed E-state index contributed by atoms with van der Waals surface area (Å²) in [6.45, 7) is 10.5. The van der Waals surface area contributed by atoms with Gasteiger partial charge < -0.3 is 9.88 Å². The summed E-state index contributed by atoms with van der Waals surface area (Å²) in [5.41, 5.74) is 1.79. The summed E-state index contributed by atoms with van der Waals surface area (Å²) >= 11 is 0. The van der Waals surface area contributed by atoms with E-state index in [1.807, 2.05) is 46.2 Å². The van der Waals surface area contributed by atoms with Crippen LogP contribution in [-0.4, -0.2) is 51.2 Å². The lowest BCUT2D eigenvalue weighted by atomic mass is 9.96.